The molecule has 0 atom stereocenters. The number of urea groups is 1. The van der Waals surface area contributed by atoms with Gasteiger partial charge >= 0.3 is 6.03 Å². The van der Waals surface area contributed by atoms with Crippen molar-refractivity contribution in [2.24, 2.45) is 0 Å². The molecule has 1 N–H and O–H groups in total. The number of hydrogen-bond donors (Lipinski definition) is 1. The van der Waals surface area contributed by atoms with Crippen molar-refractivity contribution in [3.63, 3.8) is 0 Å². The molecule has 0 radical (unpaired) electrons. The van der Waals surface area contributed by atoms with Crippen LogP contribution < -0.4 is 5.32 Å². The van der Waals surface area contributed by atoms with E-state index in [1.807, 2.05) is 32.0 Å². The number of hydrogen-bond acceptors (Lipinski definition) is 5. The molecule has 136 valence electrons. The minimum atomic E-state index is -0.924. The fourth-order valence-corrected chi connectivity index (χ4v) is 3.99. The van der Waals surface area contributed by atoms with Gasteiger partial charge in [-0.25, -0.2) is 4.79 Å². The Bertz CT molecular complexity index is 661. The topological polar surface area (TPSA) is 69.3 Å². The molecular weight excluding hydrogens is 324 g/mol. The average Bonchev–Trinajstić information content (AvgIpc) is 3.32. The summed E-state index contributed by atoms with van der Waals surface area (Å²) in [6.45, 7) is 7.28. The summed E-state index contributed by atoms with van der Waals surface area (Å²) in [6, 6.07) is 5.60. The van der Waals surface area contributed by atoms with Crippen molar-refractivity contribution in [3.8, 4) is 0 Å². The fourth-order valence-electron chi connectivity index (χ4n) is 3.99. The molecule has 3 aliphatic rings. The summed E-state index contributed by atoms with van der Waals surface area (Å²) < 4.78 is 23.9. The van der Waals surface area contributed by atoms with Crippen molar-refractivity contribution < 1.29 is 23.7 Å². The minimum absolute atomic E-state index is 0.138. The molecular formula is C18H24N2O5. The highest BCUT2D eigenvalue weighted by Gasteiger charge is 2.60. The monoisotopic (exact) mass is 348 g/mol. The molecule has 2 amide bonds. The lowest BCUT2D eigenvalue weighted by Gasteiger charge is -2.27. The Balaban J connectivity index is 1.76. The Morgan fingerprint density at radius 1 is 1.04 bits per heavy atom. The first-order valence-corrected chi connectivity index (χ1v) is 8.90. The molecule has 0 unspecified atom stereocenters. The van der Waals surface area contributed by atoms with Crippen molar-refractivity contribution >= 4 is 11.7 Å². The number of nitrogens with one attached hydrogen (secondary N) is 1. The van der Waals surface area contributed by atoms with Gasteiger partial charge in [-0.1, -0.05) is 12.1 Å². The van der Waals surface area contributed by atoms with Crippen molar-refractivity contribution in [1.82, 2.24) is 4.90 Å². The molecule has 1 aromatic rings. The number of nitrogens with zero attached hydrogens (tertiary/aromatic N) is 1. The highest BCUT2D eigenvalue weighted by molar-refractivity contribution is 5.90. The Morgan fingerprint density at radius 3 is 2.24 bits per heavy atom. The van der Waals surface area contributed by atoms with E-state index in [1.165, 1.54) is 0 Å². The standard InChI is InChI=1S/C18H24N2O5/c1-3-20(4-2)16(21)19-14-7-5-6-13-15(14)18(24-10-11-25-18)12-17(13)22-8-9-23-17/h5-7H,3-4,8-12H2,1-2H3,(H,19,21). The molecule has 2 aliphatic heterocycles. The molecule has 25 heavy (non-hydrogen) atoms. The average molecular weight is 348 g/mol. The van der Waals surface area contributed by atoms with Crippen LogP contribution in [0.4, 0.5) is 10.5 Å². The number of anilines is 1. The quantitative estimate of drug-likeness (QED) is 0.908. The fraction of sp³-hybridized carbons (Fsp3) is 0.611. The Morgan fingerprint density at radius 2 is 1.64 bits per heavy atom. The Labute approximate surface area is 147 Å². The smallest absolute Gasteiger partial charge is 0.321 e. The van der Waals surface area contributed by atoms with Gasteiger partial charge in [0.25, 0.3) is 0 Å². The summed E-state index contributed by atoms with van der Waals surface area (Å²) in [5.41, 5.74) is 2.38. The first kappa shape index (κ1) is 16.8. The van der Waals surface area contributed by atoms with Gasteiger partial charge in [-0.3, -0.25) is 0 Å². The zero-order valence-electron chi connectivity index (χ0n) is 14.7. The summed E-state index contributed by atoms with van der Waals surface area (Å²) >= 11 is 0. The van der Waals surface area contributed by atoms with Gasteiger partial charge in [-0.2, -0.15) is 0 Å². The van der Waals surface area contributed by atoms with Crippen molar-refractivity contribution in [1.29, 1.82) is 0 Å². The number of carbonyl (C=O) groups is 1. The van der Waals surface area contributed by atoms with E-state index in [2.05, 4.69) is 5.32 Å². The van der Waals surface area contributed by atoms with Crippen LogP contribution in [-0.4, -0.2) is 50.4 Å². The first-order chi connectivity index (χ1) is 12.1. The van der Waals surface area contributed by atoms with E-state index in [1.54, 1.807) is 4.90 Å². The summed E-state index contributed by atoms with van der Waals surface area (Å²) in [4.78, 5) is 14.3. The van der Waals surface area contributed by atoms with Crippen LogP contribution >= 0.6 is 0 Å². The lowest BCUT2D eigenvalue weighted by atomic mass is 10.0. The van der Waals surface area contributed by atoms with Gasteiger partial charge in [-0.05, 0) is 19.9 Å². The molecule has 2 spiro atoms. The molecule has 2 saturated heterocycles. The summed E-state index contributed by atoms with van der Waals surface area (Å²) in [5.74, 6) is -1.78. The van der Waals surface area contributed by atoms with Gasteiger partial charge in [0.05, 0.1) is 38.5 Å². The number of ether oxygens (including phenoxy) is 4. The van der Waals surface area contributed by atoms with E-state index >= 15 is 0 Å². The molecule has 0 aromatic heterocycles. The summed E-state index contributed by atoms with van der Waals surface area (Å²) in [5, 5.41) is 3.02. The van der Waals surface area contributed by atoms with Crippen LogP contribution in [0.2, 0.25) is 0 Å². The lowest BCUT2D eigenvalue weighted by molar-refractivity contribution is -0.239. The summed E-state index contributed by atoms with van der Waals surface area (Å²) in [7, 11) is 0. The zero-order chi connectivity index (χ0) is 17.5. The van der Waals surface area contributed by atoms with Crippen LogP contribution in [0.5, 0.6) is 0 Å². The second-order valence-electron chi connectivity index (χ2n) is 6.41. The maximum absolute atomic E-state index is 12.6. The molecule has 1 aromatic carbocycles. The molecule has 7 heteroatoms. The number of fused-ring (bicyclic) bond motifs is 3. The molecule has 2 fully saturated rings. The molecule has 7 nitrogen and oxygen atoms in total. The van der Waals surface area contributed by atoms with Gasteiger partial charge < -0.3 is 29.2 Å². The third-order valence-electron chi connectivity index (χ3n) is 5.12. The first-order valence-electron chi connectivity index (χ1n) is 8.90. The number of carbonyl (C=O) groups excluding carboxylic acids is 1. The number of rotatable bonds is 3. The highest BCUT2D eigenvalue weighted by Crippen LogP contribution is 2.57. The normalized spacial score (nSPS) is 22.5. The molecule has 1 aliphatic carbocycles. The third kappa shape index (κ3) is 2.54. The molecule has 0 saturated carbocycles. The number of amides is 2. The van der Waals surface area contributed by atoms with Crippen LogP contribution in [0.15, 0.2) is 18.2 Å². The largest absolute Gasteiger partial charge is 0.343 e. The van der Waals surface area contributed by atoms with Gasteiger partial charge in [-0.15, -0.1) is 0 Å². The van der Waals surface area contributed by atoms with Gasteiger partial charge in [0, 0.05) is 24.2 Å². The SMILES string of the molecule is CCN(CC)C(=O)Nc1cccc2c1C1(CC23OCCO3)OCCO1. The minimum Gasteiger partial charge on any atom is -0.343 e. The van der Waals surface area contributed by atoms with E-state index < -0.39 is 11.6 Å². The van der Waals surface area contributed by atoms with Gasteiger partial charge in [0.15, 0.2) is 0 Å². The third-order valence-corrected chi connectivity index (χ3v) is 5.12. The molecule has 2 heterocycles. The van der Waals surface area contributed by atoms with Crippen LogP contribution in [0.1, 0.15) is 31.4 Å². The van der Waals surface area contributed by atoms with Gasteiger partial charge in [0.1, 0.15) is 0 Å². The van der Waals surface area contributed by atoms with Crippen LogP contribution in [0.3, 0.4) is 0 Å². The predicted octanol–water partition coefficient (Wildman–Crippen LogP) is 2.36. The van der Waals surface area contributed by atoms with E-state index in [4.69, 9.17) is 18.9 Å². The van der Waals surface area contributed by atoms with Crippen LogP contribution in [0.25, 0.3) is 0 Å². The van der Waals surface area contributed by atoms with Gasteiger partial charge in [0.2, 0.25) is 11.6 Å². The second kappa shape index (κ2) is 6.25. The maximum Gasteiger partial charge on any atom is 0.321 e. The Hall–Kier alpha value is -1.67. The van der Waals surface area contributed by atoms with Crippen molar-refractivity contribution in [2.45, 2.75) is 31.8 Å². The number of benzene rings is 1. The predicted molar refractivity (Wildman–Crippen MR) is 90.2 cm³/mol. The highest BCUT2D eigenvalue weighted by atomic mass is 16.8. The van der Waals surface area contributed by atoms with Crippen molar-refractivity contribution in [2.75, 3.05) is 44.8 Å². The lowest BCUT2D eigenvalue weighted by Crippen LogP contribution is -2.35. The second-order valence-corrected chi connectivity index (χ2v) is 6.41. The van der Waals surface area contributed by atoms with E-state index in [9.17, 15) is 4.79 Å². The van der Waals surface area contributed by atoms with Crippen LogP contribution in [0, 0.1) is 0 Å². The van der Waals surface area contributed by atoms with Crippen LogP contribution in [-0.2, 0) is 30.5 Å². The zero-order valence-corrected chi connectivity index (χ0v) is 14.7. The van der Waals surface area contributed by atoms with E-state index in [-0.39, 0.29) is 6.03 Å². The summed E-state index contributed by atoms with van der Waals surface area (Å²) in [6.07, 6.45) is 0.438. The van der Waals surface area contributed by atoms with Crippen molar-refractivity contribution in [3.05, 3.63) is 29.3 Å². The van der Waals surface area contributed by atoms with E-state index in [0.29, 0.717) is 51.6 Å². The molecule has 4 rings (SSSR count). The Kier molecular flexibility index (Phi) is 4.19. The molecule has 0 bridgehead atoms. The maximum atomic E-state index is 12.6. The van der Waals surface area contributed by atoms with E-state index in [0.717, 1.165) is 11.1 Å².